The molecular weight excluding hydrogens is 545 g/mol. The number of hydrogen-bond donors (Lipinski definition) is 1. The van der Waals surface area contributed by atoms with Crippen molar-refractivity contribution in [2.75, 3.05) is 17.1 Å². The van der Waals surface area contributed by atoms with Crippen LogP contribution in [0.4, 0.5) is 5.69 Å². The normalized spacial score (nSPS) is 12.7. The van der Waals surface area contributed by atoms with Gasteiger partial charge in [-0.1, -0.05) is 53.9 Å². The van der Waals surface area contributed by atoms with Crippen molar-refractivity contribution >= 4 is 62.3 Å². The quantitative estimate of drug-likeness (QED) is 0.430. The number of sulfonamides is 1. The van der Waals surface area contributed by atoms with Gasteiger partial charge in [0, 0.05) is 17.1 Å². The van der Waals surface area contributed by atoms with E-state index in [1.165, 1.54) is 4.90 Å². The van der Waals surface area contributed by atoms with Gasteiger partial charge in [-0.05, 0) is 69.5 Å². The first-order valence-electron chi connectivity index (χ1n) is 11.3. The number of carbonyl (C=O) groups is 2. The van der Waals surface area contributed by atoms with Crippen LogP contribution in [0.5, 0.6) is 0 Å². The van der Waals surface area contributed by atoms with Gasteiger partial charge < -0.3 is 10.2 Å². The van der Waals surface area contributed by atoms with Crippen molar-refractivity contribution in [2.24, 2.45) is 0 Å². The van der Waals surface area contributed by atoms with Crippen molar-refractivity contribution in [1.29, 1.82) is 0 Å². The fourth-order valence-electron chi connectivity index (χ4n) is 3.67. The van der Waals surface area contributed by atoms with E-state index in [-0.39, 0.29) is 12.5 Å². The Bertz CT molecular complexity index is 1230. The standard InChI is InChI=1S/C25H32Cl3N3O4S/c1-7-21(24(33)29-25(3,4)5)30(14-17-11-12-19(27)20(28)13-17)23(32)15-31(36(6,34)35)22-10-8-9-18(26)16(22)2/h8-13,21H,7,14-15H2,1-6H3,(H,29,33)/t21-/m1/s1. The molecule has 11 heteroatoms. The van der Waals surface area contributed by atoms with Gasteiger partial charge >= 0.3 is 0 Å². The van der Waals surface area contributed by atoms with Gasteiger partial charge in [-0.15, -0.1) is 0 Å². The Morgan fingerprint density at radius 1 is 1.03 bits per heavy atom. The summed E-state index contributed by atoms with van der Waals surface area (Å²) in [5.41, 5.74) is 0.926. The lowest BCUT2D eigenvalue weighted by molar-refractivity contribution is -0.141. The average molecular weight is 577 g/mol. The van der Waals surface area contributed by atoms with Gasteiger partial charge in [-0.3, -0.25) is 13.9 Å². The zero-order valence-corrected chi connectivity index (χ0v) is 24.3. The zero-order chi connectivity index (χ0) is 27.4. The van der Waals surface area contributed by atoms with Crippen LogP contribution in [-0.2, 0) is 26.2 Å². The van der Waals surface area contributed by atoms with E-state index in [4.69, 9.17) is 34.8 Å². The Morgan fingerprint density at radius 3 is 2.19 bits per heavy atom. The summed E-state index contributed by atoms with van der Waals surface area (Å²) in [6.07, 6.45) is 1.33. The number of hydrogen-bond acceptors (Lipinski definition) is 4. The zero-order valence-electron chi connectivity index (χ0n) is 21.2. The van der Waals surface area contributed by atoms with E-state index in [9.17, 15) is 18.0 Å². The Balaban J connectivity index is 2.53. The molecule has 7 nitrogen and oxygen atoms in total. The average Bonchev–Trinajstić information content (AvgIpc) is 2.74. The monoisotopic (exact) mass is 575 g/mol. The second-order valence-electron chi connectivity index (χ2n) is 9.59. The van der Waals surface area contributed by atoms with E-state index < -0.39 is 34.1 Å². The first-order valence-corrected chi connectivity index (χ1v) is 14.3. The van der Waals surface area contributed by atoms with Crippen molar-refractivity contribution in [3.63, 3.8) is 0 Å². The third kappa shape index (κ3) is 8.00. The van der Waals surface area contributed by atoms with Gasteiger partial charge in [0.25, 0.3) is 0 Å². The molecule has 0 aliphatic rings. The molecular formula is C25H32Cl3N3O4S. The second-order valence-corrected chi connectivity index (χ2v) is 12.7. The van der Waals surface area contributed by atoms with Crippen molar-refractivity contribution in [3.05, 3.63) is 62.6 Å². The van der Waals surface area contributed by atoms with E-state index in [1.807, 2.05) is 20.8 Å². The maximum Gasteiger partial charge on any atom is 0.244 e. The van der Waals surface area contributed by atoms with Gasteiger partial charge in [0.1, 0.15) is 12.6 Å². The molecule has 36 heavy (non-hydrogen) atoms. The predicted octanol–water partition coefficient (Wildman–Crippen LogP) is 5.44. The van der Waals surface area contributed by atoms with Crippen molar-refractivity contribution in [1.82, 2.24) is 10.2 Å². The molecule has 2 aromatic carbocycles. The van der Waals surface area contributed by atoms with Crippen LogP contribution >= 0.6 is 34.8 Å². The highest BCUT2D eigenvalue weighted by atomic mass is 35.5. The summed E-state index contributed by atoms with van der Waals surface area (Å²) >= 11 is 18.5. The van der Waals surface area contributed by atoms with Gasteiger partial charge in [0.2, 0.25) is 21.8 Å². The molecule has 1 N–H and O–H groups in total. The van der Waals surface area contributed by atoms with Gasteiger partial charge in [-0.2, -0.15) is 0 Å². The minimum atomic E-state index is -3.86. The van der Waals surface area contributed by atoms with Crippen molar-refractivity contribution in [2.45, 2.75) is 59.2 Å². The Labute approximate surface area is 228 Å². The highest BCUT2D eigenvalue weighted by Gasteiger charge is 2.33. The molecule has 198 valence electrons. The molecule has 0 fully saturated rings. The number of anilines is 1. The molecule has 0 aliphatic carbocycles. The SMILES string of the molecule is CC[C@H](C(=O)NC(C)(C)C)N(Cc1ccc(Cl)c(Cl)c1)C(=O)CN(c1cccc(Cl)c1C)S(C)(=O)=O. The number of rotatable bonds is 9. The number of carbonyl (C=O) groups excluding carboxylic acids is 2. The summed E-state index contributed by atoms with van der Waals surface area (Å²) < 4.78 is 26.5. The van der Waals surface area contributed by atoms with Gasteiger partial charge in [-0.25, -0.2) is 8.42 Å². The molecule has 2 amide bonds. The first kappa shape index (κ1) is 30.2. The van der Waals surface area contributed by atoms with Crippen LogP contribution in [0.3, 0.4) is 0 Å². The first-order chi connectivity index (χ1) is 16.5. The maximum absolute atomic E-state index is 13.7. The van der Waals surface area contributed by atoms with Crippen LogP contribution in [-0.4, -0.2) is 49.5 Å². The second kappa shape index (κ2) is 12.0. The lowest BCUT2D eigenvalue weighted by Gasteiger charge is -2.34. The van der Waals surface area contributed by atoms with Crippen molar-refractivity contribution < 1.29 is 18.0 Å². The third-order valence-corrected chi connectivity index (χ3v) is 7.68. The molecule has 0 unspecified atom stereocenters. The molecule has 0 saturated carbocycles. The van der Waals surface area contributed by atoms with E-state index in [0.29, 0.717) is 38.3 Å². The predicted molar refractivity (Wildman–Crippen MR) is 147 cm³/mol. The van der Waals surface area contributed by atoms with Crippen LogP contribution in [0.25, 0.3) is 0 Å². The Morgan fingerprint density at radius 2 is 1.67 bits per heavy atom. The van der Waals surface area contributed by atoms with Crippen LogP contribution in [0.2, 0.25) is 15.1 Å². The highest BCUT2D eigenvalue weighted by Crippen LogP contribution is 2.29. The summed E-state index contributed by atoms with van der Waals surface area (Å²) in [5, 5.41) is 3.95. The minimum Gasteiger partial charge on any atom is -0.350 e. The number of amides is 2. The fourth-order valence-corrected chi connectivity index (χ4v) is 5.06. The Hall–Kier alpha value is -2.00. The summed E-state index contributed by atoms with van der Waals surface area (Å²) in [4.78, 5) is 28.3. The topological polar surface area (TPSA) is 86.8 Å². The van der Waals surface area contributed by atoms with Crippen molar-refractivity contribution in [3.8, 4) is 0 Å². The molecule has 0 heterocycles. The van der Waals surface area contributed by atoms with E-state index in [0.717, 1.165) is 10.6 Å². The molecule has 1 atom stereocenters. The van der Waals surface area contributed by atoms with E-state index >= 15 is 0 Å². The smallest absolute Gasteiger partial charge is 0.244 e. The number of nitrogens with one attached hydrogen (secondary N) is 1. The molecule has 0 spiro atoms. The molecule has 0 saturated heterocycles. The summed E-state index contributed by atoms with van der Waals surface area (Å²) in [6, 6.07) is 8.92. The minimum absolute atomic E-state index is 0.0257. The summed E-state index contributed by atoms with van der Waals surface area (Å²) in [5.74, 6) is -0.898. The molecule has 2 rings (SSSR count). The molecule has 0 aromatic heterocycles. The van der Waals surface area contributed by atoms with Gasteiger partial charge in [0.05, 0.1) is 22.0 Å². The molecule has 0 radical (unpaired) electrons. The third-order valence-electron chi connectivity index (χ3n) is 5.41. The van der Waals surface area contributed by atoms with E-state index in [2.05, 4.69) is 5.32 Å². The molecule has 0 aliphatic heterocycles. The van der Waals surface area contributed by atoms with E-state index in [1.54, 1.807) is 50.2 Å². The maximum atomic E-state index is 13.7. The number of nitrogens with zero attached hydrogens (tertiary/aromatic N) is 2. The van der Waals surface area contributed by atoms with Gasteiger partial charge in [0.15, 0.2) is 0 Å². The highest BCUT2D eigenvalue weighted by molar-refractivity contribution is 7.92. The van der Waals surface area contributed by atoms with Crippen LogP contribution in [0.1, 0.15) is 45.2 Å². The lowest BCUT2D eigenvalue weighted by atomic mass is 10.1. The number of benzene rings is 2. The number of halogens is 3. The summed E-state index contributed by atoms with van der Waals surface area (Å²) in [7, 11) is -3.86. The van der Waals surface area contributed by atoms with Crippen LogP contribution < -0.4 is 9.62 Å². The lowest BCUT2D eigenvalue weighted by Crippen LogP contribution is -2.55. The molecule has 2 aromatic rings. The van der Waals surface area contributed by atoms with Crippen LogP contribution in [0, 0.1) is 6.92 Å². The largest absolute Gasteiger partial charge is 0.350 e. The Kier molecular flexibility index (Phi) is 10.1. The summed E-state index contributed by atoms with van der Waals surface area (Å²) in [6.45, 7) is 8.51. The van der Waals surface area contributed by atoms with Crippen LogP contribution in [0.15, 0.2) is 36.4 Å². The molecule has 0 bridgehead atoms. The fraction of sp³-hybridized carbons (Fsp3) is 0.440.